The molecule has 1 saturated heterocycles. The summed E-state index contributed by atoms with van der Waals surface area (Å²) in [6.45, 7) is 2.77. The van der Waals surface area contributed by atoms with Crippen LogP contribution in [0.3, 0.4) is 0 Å². The molecule has 2 aromatic carbocycles. The molecule has 1 aliphatic rings. The van der Waals surface area contributed by atoms with Crippen molar-refractivity contribution in [3.8, 4) is 5.75 Å². The summed E-state index contributed by atoms with van der Waals surface area (Å²) in [7, 11) is 0. The molecule has 0 aromatic heterocycles. The van der Waals surface area contributed by atoms with E-state index in [2.05, 4.69) is 5.32 Å². The molecule has 1 N–H and O–H groups in total. The quantitative estimate of drug-likeness (QED) is 0.641. The van der Waals surface area contributed by atoms with Gasteiger partial charge in [-0.1, -0.05) is 24.3 Å². The van der Waals surface area contributed by atoms with Crippen LogP contribution in [-0.4, -0.2) is 37.5 Å². The fourth-order valence-corrected chi connectivity index (χ4v) is 3.33. The van der Waals surface area contributed by atoms with Crippen LogP contribution in [0.4, 0.5) is 11.4 Å². The van der Waals surface area contributed by atoms with Gasteiger partial charge in [-0.05, 0) is 49.6 Å². The molecule has 0 aliphatic carbocycles. The highest BCUT2D eigenvalue weighted by atomic mass is 16.5. The normalized spacial score (nSPS) is 13.2. The Morgan fingerprint density at radius 3 is 2.73 bits per heavy atom. The van der Waals surface area contributed by atoms with Gasteiger partial charge in [0.25, 0.3) is 5.91 Å². The molecule has 0 bridgehead atoms. The van der Waals surface area contributed by atoms with Crippen LogP contribution in [0.1, 0.15) is 31.7 Å². The minimum absolute atomic E-state index is 0.0818. The lowest BCUT2D eigenvalue weighted by Crippen LogP contribution is -2.24. The largest absolute Gasteiger partial charge is 0.494 e. The zero-order chi connectivity index (χ0) is 21.3. The maximum atomic E-state index is 12.1. The molecule has 7 nitrogen and oxygen atoms in total. The first kappa shape index (κ1) is 21.4. The average Bonchev–Trinajstić information content (AvgIpc) is 3.18. The number of nitrogens with one attached hydrogen (secondary N) is 1. The van der Waals surface area contributed by atoms with Crippen LogP contribution in [0.15, 0.2) is 48.5 Å². The molecule has 1 heterocycles. The summed E-state index contributed by atoms with van der Waals surface area (Å²) in [5, 5.41) is 2.70. The number of carbonyl (C=O) groups is 3. The van der Waals surface area contributed by atoms with Crippen molar-refractivity contribution in [1.82, 2.24) is 0 Å². The number of aryl methyl sites for hydroxylation is 1. The van der Waals surface area contributed by atoms with E-state index in [1.807, 2.05) is 37.3 Å². The second kappa shape index (κ2) is 10.4. The molecule has 1 fully saturated rings. The number of anilines is 2. The number of para-hydroxylation sites is 1. The van der Waals surface area contributed by atoms with Crippen molar-refractivity contribution in [2.24, 2.45) is 0 Å². The number of rotatable bonds is 9. The first-order valence-electron chi connectivity index (χ1n) is 10.1. The van der Waals surface area contributed by atoms with Crippen LogP contribution >= 0.6 is 0 Å². The van der Waals surface area contributed by atoms with Crippen molar-refractivity contribution in [1.29, 1.82) is 0 Å². The predicted molar refractivity (Wildman–Crippen MR) is 114 cm³/mol. The Morgan fingerprint density at radius 1 is 1.13 bits per heavy atom. The van der Waals surface area contributed by atoms with Gasteiger partial charge in [-0.25, -0.2) is 0 Å². The topological polar surface area (TPSA) is 84.9 Å². The van der Waals surface area contributed by atoms with Crippen LogP contribution in [0, 0.1) is 0 Å². The molecule has 2 aromatic rings. The monoisotopic (exact) mass is 410 g/mol. The third-order valence-electron chi connectivity index (χ3n) is 4.75. The van der Waals surface area contributed by atoms with Crippen LogP contribution in [0.2, 0.25) is 0 Å². The number of hydrogen-bond donors (Lipinski definition) is 1. The standard InChI is InChI=1S/C23H26N2O5/c1-2-29-20-10-4-3-7-17(20)12-13-23(28)30-16-21(26)24-18-8-5-9-19(15-18)25-14-6-11-22(25)27/h3-5,7-10,15H,2,6,11-14,16H2,1H3,(H,24,26). The fourth-order valence-electron chi connectivity index (χ4n) is 3.33. The first-order valence-corrected chi connectivity index (χ1v) is 10.1. The van der Waals surface area contributed by atoms with Gasteiger partial charge in [0.1, 0.15) is 5.75 Å². The molecule has 1 aliphatic heterocycles. The molecule has 158 valence electrons. The van der Waals surface area contributed by atoms with E-state index in [0.717, 1.165) is 23.4 Å². The molecule has 0 saturated carbocycles. The number of carbonyl (C=O) groups excluding carboxylic acids is 3. The van der Waals surface area contributed by atoms with Gasteiger partial charge in [-0.2, -0.15) is 0 Å². The number of benzene rings is 2. The highest BCUT2D eigenvalue weighted by molar-refractivity contribution is 5.97. The van der Waals surface area contributed by atoms with Gasteiger partial charge in [0.05, 0.1) is 6.61 Å². The summed E-state index contributed by atoms with van der Waals surface area (Å²) in [4.78, 5) is 37.7. The smallest absolute Gasteiger partial charge is 0.306 e. The van der Waals surface area contributed by atoms with Gasteiger partial charge < -0.3 is 19.7 Å². The summed E-state index contributed by atoms with van der Waals surface area (Å²) in [5.74, 6) is -0.0453. The molecule has 0 radical (unpaired) electrons. The van der Waals surface area contributed by atoms with Crippen molar-refractivity contribution in [3.63, 3.8) is 0 Å². The van der Waals surface area contributed by atoms with Gasteiger partial charge in [0.2, 0.25) is 5.91 Å². The number of ether oxygens (including phenoxy) is 2. The highest BCUT2D eigenvalue weighted by Gasteiger charge is 2.21. The van der Waals surface area contributed by atoms with E-state index in [4.69, 9.17) is 9.47 Å². The predicted octanol–water partition coefficient (Wildman–Crippen LogP) is 3.33. The maximum absolute atomic E-state index is 12.1. The highest BCUT2D eigenvalue weighted by Crippen LogP contribution is 2.24. The van der Waals surface area contributed by atoms with Crippen LogP contribution in [0.25, 0.3) is 0 Å². The number of nitrogens with zero attached hydrogens (tertiary/aromatic N) is 1. The molecule has 7 heteroatoms. The van der Waals surface area contributed by atoms with E-state index >= 15 is 0 Å². The minimum atomic E-state index is -0.451. The Kier molecular flexibility index (Phi) is 7.43. The van der Waals surface area contributed by atoms with Crippen molar-refractivity contribution in [2.45, 2.75) is 32.6 Å². The summed E-state index contributed by atoms with van der Waals surface area (Å²) in [5.41, 5.74) is 2.23. The molecular formula is C23H26N2O5. The van der Waals surface area contributed by atoms with Crippen LogP contribution in [0.5, 0.6) is 5.75 Å². The number of hydrogen-bond acceptors (Lipinski definition) is 5. The molecular weight excluding hydrogens is 384 g/mol. The zero-order valence-electron chi connectivity index (χ0n) is 17.1. The maximum Gasteiger partial charge on any atom is 0.306 e. The van der Waals surface area contributed by atoms with Crippen LogP contribution < -0.4 is 15.0 Å². The van der Waals surface area contributed by atoms with Crippen molar-refractivity contribution < 1.29 is 23.9 Å². The number of amides is 2. The molecule has 0 atom stereocenters. The lowest BCUT2D eigenvalue weighted by atomic mass is 10.1. The summed E-state index contributed by atoms with van der Waals surface area (Å²) in [6.07, 6.45) is 2.01. The lowest BCUT2D eigenvalue weighted by molar-refractivity contribution is -0.147. The van der Waals surface area contributed by atoms with Crippen molar-refractivity contribution in [3.05, 3.63) is 54.1 Å². The second-order valence-corrected chi connectivity index (χ2v) is 6.95. The molecule has 0 spiro atoms. The van der Waals surface area contributed by atoms with Gasteiger partial charge in [-0.3, -0.25) is 14.4 Å². The third-order valence-corrected chi connectivity index (χ3v) is 4.75. The second-order valence-electron chi connectivity index (χ2n) is 6.95. The van der Waals surface area contributed by atoms with E-state index in [1.54, 1.807) is 23.1 Å². The summed E-state index contributed by atoms with van der Waals surface area (Å²) >= 11 is 0. The van der Waals surface area contributed by atoms with Gasteiger partial charge in [-0.15, -0.1) is 0 Å². The fraction of sp³-hybridized carbons (Fsp3) is 0.348. The van der Waals surface area contributed by atoms with Gasteiger partial charge in [0.15, 0.2) is 6.61 Å². The molecule has 30 heavy (non-hydrogen) atoms. The Morgan fingerprint density at radius 2 is 1.97 bits per heavy atom. The van der Waals surface area contributed by atoms with Crippen molar-refractivity contribution in [2.75, 3.05) is 30.0 Å². The van der Waals surface area contributed by atoms with E-state index in [1.165, 1.54) is 0 Å². The first-order chi connectivity index (χ1) is 14.6. The Balaban J connectivity index is 1.46. The zero-order valence-corrected chi connectivity index (χ0v) is 17.1. The minimum Gasteiger partial charge on any atom is -0.494 e. The van der Waals surface area contributed by atoms with Crippen molar-refractivity contribution >= 4 is 29.2 Å². The van der Waals surface area contributed by atoms with Crippen LogP contribution in [-0.2, 0) is 25.5 Å². The Hall–Kier alpha value is -3.35. The Labute approximate surface area is 176 Å². The van der Waals surface area contributed by atoms with E-state index in [0.29, 0.717) is 31.7 Å². The van der Waals surface area contributed by atoms with E-state index in [-0.39, 0.29) is 18.9 Å². The van der Waals surface area contributed by atoms with Gasteiger partial charge >= 0.3 is 5.97 Å². The SMILES string of the molecule is CCOc1ccccc1CCC(=O)OCC(=O)Nc1cccc(N2CCCC2=O)c1. The third kappa shape index (κ3) is 5.83. The molecule has 3 rings (SSSR count). The Bertz CT molecular complexity index is 912. The molecule has 2 amide bonds. The van der Waals surface area contributed by atoms with E-state index < -0.39 is 11.9 Å². The lowest BCUT2D eigenvalue weighted by Gasteiger charge is -2.16. The van der Waals surface area contributed by atoms with E-state index in [9.17, 15) is 14.4 Å². The van der Waals surface area contributed by atoms with Gasteiger partial charge in [0, 0.05) is 30.8 Å². The number of esters is 1. The average molecular weight is 410 g/mol. The summed E-state index contributed by atoms with van der Waals surface area (Å²) < 4.78 is 10.6. The molecule has 0 unspecified atom stereocenters. The summed E-state index contributed by atoms with van der Waals surface area (Å²) in [6, 6.07) is 14.6.